The molecule has 2 aromatic rings. The largest absolute Gasteiger partial charge is 0.319 e. The molecule has 1 aromatic carbocycles. The Morgan fingerprint density at radius 3 is 2.32 bits per heavy atom. The molecule has 0 atom stereocenters. The maximum absolute atomic E-state index is 4.61. The fraction of sp³-hybridized carbons (Fsp3) is 0.438. The second kappa shape index (κ2) is 5.57. The van der Waals surface area contributed by atoms with Crippen molar-refractivity contribution in [1.29, 1.82) is 0 Å². The monoisotopic (exact) mass is 257 g/mol. The molecule has 0 saturated carbocycles. The molecule has 0 aliphatic heterocycles. The van der Waals surface area contributed by atoms with Gasteiger partial charge < -0.3 is 5.32 Å². The summed E-state index contributed by atoms with van der Waals surface area (Å²) in [7, 11) is 4.00. The van der Waals surface area contributed by atoms with Crippen LogP contribution in [0.5, 0.6) is 0 Å². The first kappa shape index (κ1) is 13.8. The molecule has 1 aromatic heterocycles. The molecule has 0 aliphatic rings. The molecule has 2 rings (SSSR count). The molecule has 19 heavy (non-hydrogen) atoms. The van der Waals surface area contributed by atoms with E-state index in [1.165, 1.54) is 27.9 Å². The van der Waals surface area contributed by atoms with Crippen molar-refractivity contribution >= 4 is 0 Å². The van der Waals surface area contributed by atoms with E-state index < -0.39 is 0 Å². The minimum absolute atomic E-state index is 0.961. The van der Waals surface area contributed by atoms with Gasteiger partial charge in [0.15, 0.2) is 0 Å². The molecule has 0 radical (unpaired) electrons. The van der Waals surface area contributed by atoms with Crippen molar-refractivity contribution in [3.05, 3.63) is 40.6 Å². The summed E-state index contributed by atoms with van der Waals surface area (Å²) >= 11 is 0. The molecule has 0 spiro atoms. The van der Waals surface area contributed by atoms with E-state index in [0.29, 0.717) is 0 Å². The lowest BCUT2D eigenvalue weighted by Crippen LogP contribution is -2.10. The van der Waals surface area contributed by atoms with Gasteiger partial charge in [0, 0.05) is 25.6 Å². The second-order valence-corrected chi connectivity index (χ2v) is 5.27. The lowest BCUT2D eigenvalue weighted by Gasteiger charge is -2.11. The highest BCUT2D eigenvalue weighted by molar-refractivity contribution is 5.68. The van der Waals surface area contributed by atoms with Crippen molar-refractivity contribution in [1.82, 2.24) is 15.1 Å². The van der Waals surface area contributed by atoms with Crippen LogP contribution in [0.25, 0.3) is 11.3 Å². The van der Waals surface area contributed by atoms with E-state index in [1.807, 2.05) is 18.8 Å². The van der Waals surface area contributed by atoms with Gasteiger partial charge in [-0.1, -0.05) is 17.7 Å². The fourth-order valence-electron chi connectivity index (χ4n) is 2.72. The number of rotatable bonds is 4. The van der Waals surface area contributed by atoms with Gasteiger partial charge in [0.2, 0.25) is 0 Å². The Kier molecular flexibility index (Phi) is 4.05. The Labute approximate surface area is 115 Å². The molecular formula is C16H23N3. The van der Waals surface area contributed by atoms with E-state index in [9.17, 15) is 0 Å². The van der Waals surface area contributed by atoms with Crippen molar-refractivity contribution in [2.75, 3.05) is 13.6 Å². The Hall–Kier alpha value is -1.61. The number of benzene rings is 1. The van der Waals surface area contributed by atoms with E-state index in [0.717, 1.165) is 18.7 Å². The summed E-state index contributed by atoms with van der Waals surface area (Å²) in [5.74, 6) is 0. The van der Waals surface area contributed by atoms with Gasteiger partial charge in [-0.2, -0.15) is 5.10 Å². The number of hydrogen-bond donors (Lipinski definition) is 1. The zero-order valence-corrected chi connectivity index (χ0v) is 12.5. The lowest BCUT2D eigenvalue weighted by atomic mass is 9.97. The van der Waals surface area contributed by atoms with Crippen LogP contribution in [0.15, 0.2) is 18.2 Å². The van der Waals surface area contributed by atoms with Gasteiger partial charge in [-0.25, -0.2) is 0 Å². The highest BCUT2D eigenvalue weighted by atomic mass is 15.3. The van der Waals surface area contributed by atoms with Gasteiger partial charge in [-0.15, -0.1) is 0 Å². The van der Waals surface area contributed by atoms with Crippen LogP contribution in [0.1, 0.15) is 22.4 Å². The third-order valence-corrected chi connectivity index (χ3v) is 3.49. The number of nitrogens with zero attached hydrogens (tertiary/aromatic N) is 2. The summed E-state index contributed by atoms with van der Waals surface area (Å²) in [6, 6.07) is 6.69. The normalized spacial score (nSPS) is 11.0. The number of aryl methyl sites for hydroxylation is 4. The zero-order chi connectivity index (χ0) is 14.0. The van der Waals surface area contributed by atoms with E-state index in [4.69, 9.17) is 0 Å². The van der Waals surface area contributed by atoms with Crippen LogP contribution in [0.2, 0.25) is 0 Å². The van der Waals surface area contributed by atoms with Crippen molar-refractivity contribution in [2.24, 2.45) is 7.05 Å². The van der Waals surface area contributed by atoms with Crippen LogP contribution in [0, 0.1) is 20.8 Å². The van der Waals surface area contributed by atoms with Crippen molar-refractivity contribution in [3.63, 3.8) is 0 Å². The maximum atomic E-state index is 4.61. The molecule has 102 valence electrons. The maximum Gasteiger partial charge on any atom is 0.0687 e. The van der Waals surface area contributed by atoms with Crippen LogP contribution < -0.4 is 5.32 Å². The van der Waals surface area contributed by atoms with Crippen LogP contribution in [0.4, 0.5) is 0 Å². The van der Waals surface area contributed by atoms with Crippen LogP contribution >= 0.6 is 0 Å². The molecule has 0 bridgehead atoms. The third-order valence-electron chi connectivity index (χ3n) is 3.49. The predicted molar refractivity (Wildman–Crippen MR) is 80.5 cm³/mol. The molecule has 0 aliphatic carbocycles. The van der Waals surface area contributed by atoms with E-state index >= 15 is 0 Å². The first-order chi connectivity index (χ1) is 9.02. The smallest absolute Gasteiger partial charge is 0.0687 e. The number of nitrogens with one attached hydrogen (secondary N) is 1. The van der Waals surface area contributed by atoms with E-state index in [2.05, 4.69) is 49.4 Å². The van der Waals surface area contributed by atoms with Crippen molar-refractivity contribution < 1.29 is 0 Å². The van der Waals surface area contributed by atoms with E-state index in [1.54, 1.807) is 0 Å². The molecule has 0 unspecified atom stereocenters. The first-order valence-electron chi connectivity index (χ1n) is 6.78. The Balaban J connectivity index is 2.44. The standard InChI is InChI=1S/C16H23N3/c1-11-8-12(2)16(13(3)9-11)15-10-14(6-7-17-4)18-19(15)5/h8-10,17H,6-7H2,1-5H3. The molecule has 0 amide bonds. The lowest BCUT2D eigenvalue weighted by molar-refractivity contribution is 0.720. The summed E-state index contributed by atoms with van der Waals surface area (Å²) in [6.45, 7) is 7.46. The molecule has 0 saturated heterocycles. The molecule has 1 N–H and O–H groups in total. The number of likely N-dealkylation sites (N-methyl/N-ethyl adjacent to an activating group) is 1. The Morgan fingerprint density at radius 2 is 1.74 bits per heavy atom. The SMILES string of the molecule is CNCCc1cc(-c2c(C)cc(C)cc2C)n(C)n1. The predicted octanol–water partition coefficient (Wildman–Crippen LogP) is 2.77. The summed E-state index contributed by atoms with van der Waals surface area (Å²) in [5, 5.41) is 7.77. The van der Waals surface area contributed by atoms with Crippen LogP contribution in [0.3, 0.4) is 0 Å². The van der Waals surface area contributed by atoms with E-state index in [-0.39, 0.29) is 0 Å². The van der Waals surface area contributed by atoms with Crippen molar-refractivity contribution in [3.8, 4) is 11.3 Å². The summed E-state index contributed by atoms with van der Waals surface area (Å²) < 4.78 is 2.00. The van der Waals surface area contributed by atoms with Gasteiger partial charge in [0.1, 0.15) is 0 Å². The molecular weight excluding hydrogens is 234 g/mol. The average Bonchev–Trinajstić information content (AvgIpc) is 2.67. The number of hydrogen-bond acceptors (Lipinski definition) is 2. The minimum Gasteiger partial charge on any atom is -0.319 e. The highest BCUT2D eigenvalue weighted by Crippen LogP contribution is 2.28. The van der Waals surface area contributed by atoms with Gasteiger partial charge in [0.25, 0.3) is 0 Å². The summed E-state index contributed by atoms with van der Waals surface area (Å²) in [6.07, 6.45) is 0.967. The van der Waals surface area contributed by atoms with Crippen molar-refractivity contribution in [2.45, 2.75) is 27.2 Å². The average molecular weight is 257 g/mol. The zero-order valence-electron chi connectivity index (χ0n) is 12.5. The molecule has 3 heteroatoms. The minimum atomic E-state index is 0.961. The van der Waals surface area contributed by atoms with Crippen LogP contribution in [-0.2, 0) is 13.5 Å². The number of aromatic nitrogens is 2. The topological polar surface area (TPSA) is 29.9 Å². The fourth-order valence-corrected chi connectivity index (χ4v) is 2.72. The summed E-state index contributed by atoms with van der Waals surface area (Å²) in [5.41, 5.74) is 7.63. The molecule has 1 heterocycles. The molecule has 0 fully saturated rings. The Morgan fingerprint density at radius 1 is 1.11 bits per heavy atom. The second-order valence-electron chi connectivity index (χ2n) is 5.27. The van der Waals surface area contributed by atoms with Gasteiger partial charge >= 0.3 is 0 Å². The van der Waals surface area contributed by atoms with Gasteiger partial charge in [-0.05, 0) is 45.0 Å². The third kappa shape index (κ3) is 2.87. The van der Waals surface area contributed by atoms with Crippen LogP contribution in [-0.4, -0.2) is 23.4 Å². The summed E-state index contributed by atoms with van der Waals surface area (Å²) in [4.78, 5) is 0. The first-order valence-corrected chi connectivity index (χ1v) is 6.78. The highest BCUT2D eigenvalue weighted by Gasteiger charge is 2.12. The quantitative estimate of drug-likeness (QED) is 0.912. The van der Waals surface area contributed by atoms with Gasteiger partial charge in [0.05, 0.1) is 11.4 Å². The Bertz CT molecular complexity index is 559. The molecule has 3 nitrogen and oxygen atoms in total. The van der Waals surface area contributed by atoms with Gasteiger partial charge in [-0.3, -0.25) is 4.68 Å².